The van der Waals surface area contributed by atoms with Crippen LogP contribution in [0, 0.1) is 0 Å². The van der Waals surface area contributed by atoms with Crippen LogP contribution in [0.3, 0.4) is 0 Å². The lowest BCUT2D eigenvalue weighted by Gasteiger charge is -2.27. The summed E-state index contributed by atoms with van der Waals surface area (Å²) in [6.07, 6.45) is 4.63. The van der Waals surface area contributed by atoms with Gasteiger partial charge in [-0.15, -0.1) is 0 Å². The second-order valence-electron chi connectivity index (χ2n) is 5.24. The molecular formula is C12H18N2O3. The molecule has 1 fully saturated rings. The number of hydrogen-bond donors (Lipinski definition) is 0. The Balaban J connectivity index is 2.07. The molecular weight excluding hydrogens is 220 g/mol. The lowest BCUT2D eigenvalue weighted by atomic mass is 10.2. The van der Waals surface area contributed by atoms with Crippen molar-refractivity contribution in [3.05, 3.63) is 18.4 Å². The molecule has 0 bridgehead atoms. The first-order chi connectivity index (χ1) is 7.97. The fraction of sp³-hybridized carbons (Fsp3) is 0.667. The number of ether oxygens (including phenoxy) is 1. The monoisotopic (exact) mass is 238 g/mol. The molecule has 94 valence electrons. The maximum Gasteiger partial charge on any atom is 0.410 e. The van der Waals surface area contributed by atoms with Crippen molar-refractivity contribution >= 4 is 6.09 Å². The third-order valence-electron chi connectivity index (χ3n) is 2.66. The lowest BCUT2D eigenvalue weighted by Crippen LogP contribution is -2.36. The Bertz CT molecular complexity index is 381. The van der Waals surface area contributed by atoms with E-state index in [0.29, 0.717) is 6.54 Å². The molecule has 0 saturated carbocycles. The predicted molar refractivity (Wildman–Crippen MR) is 61.4 cm³/mol. The number of carbonyl (C=O) groups is 1. The molecule has 2 heterocycles. The average Bonchev–Trinajstić information content (AvgIpc) is 2.85. The van der Waals surface area contributed by atoms with Crippen LogP contribution < -0.4 is 0 Å². The molecule has 0 aliphatic carbocycles. The Hall–Kier alpha value is -1.52. The van der Waals surface area contributed by atoms with Gasteiger partial charge in [0.15, 0.2) is 6.39 Å². The predicted octanol–water partition coefficient (Wildman–Crippen LogP) is 2.75. The van der Waals surface area contributed by atoms with Gasteiger partial charge < -0.3 is 9.15 Å². The molecule has 1 aliphatic rings. The van der Waals surface area contributed by atoms with Gasteiger partial charge in [-0.3, -0.25) is 4.90 Å². The number of oxazole rings is 1. The Morgan fingerprint density at radius 2 is 2.35 bits per heavy atom. The van der Waals surface area contributed by atoms with E-state index < -0.39 is 5.60 Å². The maximum atomic E-state index is 12.0. The summed E-state index contributed by atoms with van der Waals surface area (Å²) in [6, 6.07) is -0.0349. The molecule has 0 unspecified atom stereocenters. The molecule has 1 saturated heterocycles. The van der Waals surface area contributed by atoms with Gasteiger partial charge in [-0.05, 0) is 33.6 Å². The van der Waals surface area contributed by atoms with Crippen LogP contribution in [0.2, 0.25) is 0 Å². The van der Waals surface area contributed by atoms with E-state index in [4.69, 9.17) is 9.15 Å². The van der Waals surface area contributed by atoms with Crippen LogP contribution in [0.5, 0.6) is 0 Å². The lowest BCUT2D eigenvalue weighted by molar-refractivity contribution is 0.0208. The molecule has 0 radical (unpaired) electrons. The molecule has 1 aromatic heterocycles. The second-order valence-corrected chi connectivity index (χ2v) is 5.24. The van der Waals surface area contributed by atoms with Gasteiger partial charge in [-0.1, -0.05) is 0 Å². The van der Waals surface area contributed by atoms with Crippen molar-refractivity contribution in [3.8, 4) is 0 Å². The molecule has 1 atom stereocenters. The standard InChI is InChI=1S/C12H18N2O3/c1-12(2,3)17-11(15)14-6-4-5-9(14)10-7-13-8-16-10/h7-9H,4-6H2,1-3H3/t9-/m0/s1. The van der Waals surface area contributed by atoms with Crippen LogP contribution in [0.1, 0.15) is 45.4 Å². The van der Waals surface area contributed by atoms with Gasteiger partial charge in [0, 0.05) is 6.54 Å². The summed E-state index contributed by atoms with van der Waals surface area (Å²) in [6.45, 7) is 6.31. The highest BCUT2D eigenvalue weighted by atomic mass is 16.6. The van der Waals surface area contributed by atoms with Crippen molar-refractivity contribution in [2.24, 2.45) is 0 Å². The Morgan fingerprint density at radius 3 is 2.94 bits per heavy atom. The number of aromatic nitrogens is 1. The Labute approximate surface area is 101 Å². The molecule has 2 rings (SSSR count). The van der Waals surface area contributed by atoms with Gasteiger partial charge in [0.1, 0.15) is 11.4 Å². The quantitative estimate of drug-likeness (QED) is 0.754. The topological polar surface area (TPSA) is 55.6 Å². The van der Waals surface area contributed by atoms with E-state index in [9.17, 15) is 4.79 Å². The van der Waals surface area contributed by atoms with Gasteiger partial charge in [0.2, 0.25) is 0 Å². The number of nitrogens with zero attached hydrogens (tertiary/aromatic N) is 2. The largest absolute Gasteiger partial charge is 0.446 e. The Morgan fingerprint density at radius 1 is 1.59 bits per heavy atom. The van der Waals surface area contributed by atoms with Gasteiger partial charge in [-0.2, -0.15) is 0 Å². The number of carbonyl (C=O) groups excluding carboxylic acids is 1. The SMILES string of the molecule is CC(C)(C)OC(=O)N1CCC[C@H]1c1cnco1. The molecule has 1 amide bonds. The highest BCUT2D eigenvalue weighted by molar-refractivity contribution is 5.69. The number of hydrogen-bond acceptors (Lipinski definition) is 4. The number of amides is 1. The van der Waals surface area contributed by atoms with E-state index in [1.807, 2.05) is 20.8 Å². The van der Waals surface area contributed by atoms with Crippen molar-refractivity contribution < 1.29 is 13.9 Å². The summed E-state index contributed by atoms with van der Waals surface area (Å²) in [5, 5.41) is 0. The first kappa shape index (κ1) is 12.0. The van der Waals surface area contributed by atoms with Crippen molar-refractivity contribution in [1.29, 1.82) is 0 Å². The highest BCUT2D eigenvalue weighted by Crippen LogP contribution is 2.32. The smallest absolute Gasteiger partial charge is 0.410 e. The van der Waals surface area contributed by atoms with Crippen molar-refractivity contribution in [2.75, 3.05) is 6.54 Å². The summed E-state index contributed by atoms with van der Waals surface area (Å²) in [5.74, 6) is 0.730. The van der Waals surface area contributed by atoms with Crippen LogP contribution in [-0.4, -0.2) is 28.1 Å². The van der Waals surface area contributed by atoms with Crippen LogP contribution in [-0.2, 0) is 4.74 Å². The van der Waals surface area contributed by atoms with Crippen LogP contribution in [0.25, 0.3) is 0 Å². The molecule has 5 nitrogen and oxygen atoms in total. The van der Waals surface area contributed by atoms with E-state index >= 15 is 0 Å². The van der Waals surface area contributed by atoms with E-state index in [1.165, 1.54) is 6.39 Å². The first-order valence-electron chi connectivity index (χ1n) is 5.85. The zero-order valence-corrected chi connectivity index (χ0v) is 10.5. The highest BCUT2D eigenvalue weighted by Gasteiger charge is 2.34. The molecule has 17 heavy (non-hydrogen) atoms. The van der Waals surface area contributed by atoms with E-state index in [1.54, 1.807) is 11.1 Å². The van der Waals surface area contributed by atoms with Crippen molar-refractivity contribution in [2.45, 2.75) is 45.3 Å². The zero-order chi connectivity index (χ0) is 12.5. The summed E-state index contributed by atoms with van der Waals surface area (Å²) < 4.78 is 10.6. The van der Waals surface area contributed by atoms with Gasteiger partial charge in [0.05, 0.1) is 12.2 Å². The van der Waals surface area contributed by atoms with Gasteiger partial charge >= 0.3 is 6.09 Å². The fourth-order valence-corrected chi connectivity index (χ4v) is 1.99. The van der Waals surface area contributed by atoms with E-state index in [2.05, 4.69) is 4.98 Å². The zero-order valence-electron chi connectivity index (χ0n) is 10.5. The minimum Gasteiger partial charge on any atom is -0.446 e. The summed E-state index contributed by atoms with van der Waals surface area (Å²) in [4.78, 5) is 17.6. The van der Waals surface area contributed by atoms with Gasteiger partial charge in [0.25, 0.3) is 0 Å². The third kappa shape index (κ3) is 2.78. The second kappa shape index (κ2) is 4.39. The molecule has 1 aromatic rings. The van der Waals surface area contributed by atoms with E-state index in [-0.39, 0.29) is 12.1 Å². The molecule has 0 spiro atoms. The minimum atomic E-state index is -0.467. The third-order valence-corrected chi connectivity index (χ3v) is 2.66. The number of rotatable bonds is 1. The minimum absolute atomic E-state index is 0.0349. The molecule has 5 heteroatoms. The number of likely N-dealkylation sites (tertiary alicyclic amines) is 1. The summed E-state index contributed by atoms with van der Waals surface area (Å²) in [7, 11) is 0. The molecule has 1 aliphatic heterocycles. The van der Waals surface area contributed by atoms with E-state index in [0.717, 1.165) is 18.6 Å². The van der Waals surface area contributed by atoms with Crippen LogP contribution >= 0.6 is 0 Å². The summed E-state index contributed by atoms with van der Waals surface area (Å²) in [5.41, 5.74) is -0.467. The van der Waals surface area contributed by atoms with Crippen LogP contribution in [0.4, 0.5) is 4.79 Å². The van der Waals surface area contributed by atoms with Crippen LogP contribution in [0.15, 0.2) is 17.0 Å². The first-order valence-corrected chi connectivity index (χ1v) is 5.85. The van der Waals surface area contributed by atoms with Gasteiger partial charge in [-0.25, -0.2) is 9.78 Å². The van der Waals surface area contributed by atoms with Crippen molar-refractivity contribution in [3.63, 3.8) is 0 Å². The summed E-state index contributed by atoms with van der Waals surface area (Å²) >= 11 is 0. The van der Waals surface area contributed by atoms with Crippen molar-refractivity contribution in [1.82, 2.24) is 9.88 Å². The molecule has 0 N–H and O–H groups in total. The fourth-order valence-electron chi connectivity index (χ4n) is 1.99. The average molecular weight is 238 g/mol. The maximum absolute atomic E-state index is 12.0. The Kier molecular flexibility index (Phi) is 3.09. The molecule has 0 aromatic carbocycles. The normalized spacial score (nSPS) is 20.6.